The van der Waals surface area contributed by atoms with Crippen LogP contribution in [0.4, 0.5) is 11.5 Å². The van der Waals surface area contributed by atoms with Crippen molar-refractivity contribution in [2.75, 3.05) is 24.2 Å². The summed E-state index contributed by atoms with van der Waals surface area (Å²) >= 11 is 5.81. The molecule has 0 unspecified atom stereocenters. The van der Waals surface area contributed by atoms with E-state index in [1.165, 1.54) is 32.1 Å². The van der Waals surface area contributed by atoms with Crippen molar-refractivity contribution in [1.29, 1.82) is 0 Å². The van der Waals surface area contributed by atoms with Gasteiger partial charge in [-0.15, -0.1) is 0 Å². The quantitative estimate of drug-likeness (QED) is 0.642. The molecule has 1 fully saturated rings. The maximum Gasteiger partial charge on any atom is 0.224 e. The molecule has 1 heterocycles. The van der Waals surface area contributed by atoms with Gasteiger partial charge >= 0.3 is 0 Å². The summed E-state index contributed by atoms with van der Waals surface area (Å²) in [6.07, 6.45) is 6.69. The largest absolute Gasteiger partial charge is 0.394 e. The Morgan fingerprint density at radius 1 is 1.32 bits per heavy atom. The molecule has 1 aliphatic carbocycles. The smallest absolute Gasteiger partial charge is 0.224 e. The van der Waals surface area contributed by atoms with E-state index in [2.05, 4.69) is 15.3 Å². The molecule has 0 atom stereocenters. The van der Waals surface area contributed by atoms with Gasteiger partial charge in [0.05, 0.1) is 24.1 Å². The Bertz CT molecular complexity index is 421. The third-order valence-electron chi connectivity index (χ3n) is 3.41. The fraction of sp³-hybridized carbons (Fsp3) is 0.692. The first-order valence-electron chi connectivity index (χ1n) is 6.82. The van der Waals surface area contributed by atoms with E-state index >= 15 is 0 Å². The maximum atomic E-state index is 5.89. The molecule has 0 saturated heterocycles. The first-order chi connectivity index (χ1) is 9.16. The number of nitrogens with zero attached hydrogens (tertiary/aromatic N) is 2. The Kier molecular flexibility index (Phi) is 5.22. The Balaban J connectivity index is 1.76. The average Bonchev–Trinajstić information content (AvgIpc) is 2.41. The molecule has 1 aromatic rings. The minimum atomic E-state index is 0.211. The van der Waals surface area contributed by atoms with Gasteiger partial charge in [-0.2, -0.15) is 4.98 Å². The summed E-state index contributed by atoms with van der Waals surface area (Å²) in [7, 11) is 0. The first-order valence-corrected chi connectivity index (χ1v) is 7.19. The van der Waals surface area contributed by atoms with Crippen molar-refractivity contribution < 1.29 is 4.74 Å². The maximum absolute atomic E-state index is 5.89. The summed E-state index contributed by atoms with van der Waals surface area (Å²) in [6, 6.07) is 0. The van der Waals surface area contributed by atoms with Crippen LogP contribution in [0.25, 0.3) is 0 Å². The van der Waals surface area contributed by atoms with E-state index in [1.54, 1.807) is 0 Å². The normalized spacial score (nSPS) is 16.5. The van der Waals surface area contributed by atoms with Gasteiger partial charge in [0.1, 0.15) is 0 Å². The van der Waals surface area contributed by atoms with E-state index in [9.17, 15) is 0 Å². The highest BCUT2D eigenvalue weighted by atomic mass is 35.5. The standard InChI is InChI=1S/C13H21ClN4O/c1-9-11(15)12(18-13(14)17-9)16-7-8-19-10-5-3-2-4-6-10/h10H,2-8,15H2,1H3,(H,16,17,18). The lowest BCUT2D eigenvalue weighted by molar-refractivity contribution is 0.0347. The molecule has 0 aromatic carbocycles. The SMILES string of the molecule is Cc1nc(Cl)nc(NCCOC2CCCCC2)c1N. The molecule has 0 aliphatic heterocycles. The van der Waals surface area contributed by atoms with Crippen LogP contribution in [-0.4, -0.2) is 29.2 Å². The summed E-state index contributed by atoms with van der Waals surface area (Å²) < 4.78 is 5.83. The van der Waals surface area contributed by atoms with Gasteiger partial charge in [0.25, 0.3) is 0 Å². The second kappa shape index (κ2) is 6.91. The highest BCUT2D eigenvalue weighted by Crippen LogP contribution is 2.21. The van der Waals surface area contributed by atoms with Crippen LogP contribution in [0.3, 0.4) is 0 Å². The minimum absolute atomic E-state index is 0.211. The molecule has 2 rings (SSSR count). The number of ether oxygens (including phenoxy) is 1. The molecule has 1 aliphatic rings. The molecule has 3 N–H and O–H groups in total. The predicted molar refractivity (Wildman–Crippen MR) is 77.5 cm³/mol. The molecule has 106 valence electrons. The van der Waals surface area contributed by atoms with Gasteiger partial charge in [0.15, 0.2) is 5.82 Å². The van der Waals surface area contributed by atoms with Crippen molar-refractivity contribution in [1.82, 2.24) is 9.97 Å². The third kappa shape index (κ3) is 4.21. The van der Waals surface area contributed by atoms with Gasteiger partial charge in [-0.3, -0.25) is 0 Å². The number of halogens is 1. The summed E-state index contributed by atoms with van der Waals surface area (Å²) in [5.41, 5.74) is 7.12. The van der Waals surface area contributed by atoms with Crippen LogP contribution in [-0.2, 0) is 4.74 Å². The fourth-order valence-corrected chi connectivity index (χ4v) is 2.52. The topological polar surface area (TPSA) is 73.1 Å². The zero-order valence-corrected chi connectivity index (χ0v) is 12.0. The number of aromatic nitrogens is 2. The van der Waals surface area contributed by atoms with Gasteiger partial charge in [-0.05, 0) is 31.4 Å². The number of rotatable bonds is 5. The summed E-state index contributed by atoms with van der Waals surface area (Å²) in [5.74, 6) is 0.588. The molecule has 19 heavy (non-hydrogen) atoms. The zero-order valence-electron chi connectivity index (χ0n) is 11.3. The van der Waals surface area contributed by atoms with Crippen molar-refractivity contribution in [2.24, 2.45) is 0 Å². The lowest BCUT2D eigenvalue weighted by Gasteiger charge is -2.22. The van der Waals surface area contributed by atoms with E-state index in [0.29, 0.717) is 36.5 Å². The van der Waals surface area contributed by atoms with E-state index in [0.717, 1.165) is 0 Å². The number of nitrogen functional groups attached to an aromatic ring is 1. The van der Waals surface area contributed by atoms with Crippen LogP contribution in [0.15, 0.2) is 0 Å². The average molecular weight is 285 g/mol. The summed E-state index contributed by atoms with van der Waals surface area (Å²) in [6.45, 7) is 3.14. The van der Waals surface area contributed by atoms with Gasteiger partial charge in [-0.25, -0.2) is 4.98 Å². The predicted octanol–water partition coefficient (Wildman–Crippen LogP) is 2.78. The van der Waals surface area contributed by atoms with Crippen molar-refractivity contribution in [3.05, 3.63) is 11.0 Å². The number of nitrogens with one attached hydrogen (secondary N) is 1. The third-order valence-corrected chi connectivity index (χ3v) is 3.58. The van der Waals surface area contributed by atoms with Crippen molar-refractivity contribution in [2.45, 2.75) is 45.1 Å². The van der Waals surface area contributed by atoms with Crippen LogP contribution in [0.2, 0.25) is 5.28 Å². The molecule has 6 heteroatoms. The van der Waals surface area contributed by atoms with Crippen molar-refractivity contribution in [3.63, 3.8) is 0 Å². The number of hydrogen-bond donors (Lipinski definition) is 2. The molecule has 0 bridgehead atoms. The second-order valence-corrected chi connectivity index (χ2v) is 5.24. The molecule has 0 spiro atoms. The van der Waals surface area contributed by atoms with Crippen LogP contribution in [0, 0.1) is 6.92 Å². The number of nitrogens with two attached hydrogens (primary N) is 1. The van der Waals surface area contributed by atoms with Crippen molar-refractivity contribution in [3.8, 4) is 0 Å². The fourth-order valence-electron chi connectivity index (χ4n) is 2.31. The van der Waals surface area contributed by atoms with Gasteiger partial charge in [0, 0.05) is 6.54 Å². The second-order valence-electron chi connectivity index (χ2n) is 4.90. The zero-order chi connectivity index (χ0) is 13.7. The molecular weight excluding hydrogens is 264 g/mol. The van der Waals surface area contributed by atoms with Gasteiger partial charge < -0.3 is 15.8 Å². The molecule has 1 saturated carbocycles. The van der Waals surface area contributed by atoms with Crippen LogP contribution < -0.4 is 11.1 Å². The van der Waals surface area contributed by atoms with Gasteiger partial charge in [-0.1, -0.05) is 19.3 Å². The van der Waals surface area contributed by atoms with Crippen LogP contribution >= 0.6 is 11.6 Å². The molecule has 5 nitrogen and oxygen atoms in total. The van der Waals surface area contributed by atoms with Crippen molar-refractivity contribution >= 4 is 23.1 Å². The van der Waals surface area contributed by atoms with E-state index in [1.807, 2.05) is 6.92 Å². The Labute approximate surface area is 118 Å². The minimum Gasteiger partial charge on any atom is -0.394 e. The molecule has 0 amide bonds. The van der Waals surface area contributed by atoms with E-state index < -0.39 is 0 Å². The Hall–Kier alpha value is -1.07. The number of anilines is 2. The lowest BCUT2D eigenvalue weighted by Crippen LogP contribution is -2.21. The monoisotopic (exact) mass is 284 g/mol. The lowest BCUT2D eigenvalue weighted by atomic mass is 9.98. The summed E-state index contributed by atoms with van der Waals surface area (Å²) in [4.78, 5) is 8.07. The molecular formula is C13H21ClN4O. The van der Waals surface area contributed by atoms with E-state index in [4.69, 9.17) is 22.1 Å². The van der Waals surface area contributed by atoms with Crippen LogP contribution in [0.5, 0.6) is 0 Å². The van der Waals surface area contributed by atoms with Crippen LogP contribution in [0.1, 0.15) is 37.8 Å². The first kappa shape index (κ1) is 14.3. The number of hydrogen-bond acceptors (Lipinski definition) is 5. The highest BCUT2D eigenvalue weighted by molar-refractivity contribution is 6.28. The van der Waals surface area contributed by atoms with Gasteiger partial charge in [0.2, 0.25) is 5.28 Å². The molecule has 0 radical (unpaired) electrons. The highest BCUT2D eigenvalue weighted by Gasteiger charge is 2.13. The Morgan fingerprint density at radius 2 is 2.05 bits per heavy atom. The van der Waals surface area contributed by atoms with E-state index in [-0.39, 0.29) is 5.28 Å². The Morgan fingerprint density at radius 3 is 2.79 bits per heavy atom. The molecule has 1 aromatic heterocycles. The summed E-state index contributed by atoms with van der Waals surface area (Å²) in [5, 5.41) is 3.36. The number of aryl methyl sites for hydroxylation is 1.